The van der Waals surface area contributed by atoms with Gasteiger partial charge in [0.25, 0.3) is 5.09 Å². The van der Waals surface area contributed by atoms with Crippen LogP contribution in [0.2, 0.25) is 0 Å². The number of hydrogen-bond acceptors (Lipinski definition) is 2. The molecule has 0 aromatic heterocycles. The fourth-order valence-corrected chi connectivity index (χ4v) is 2.78. The van der Waals surface area contributed by atoms with Crippen molar-refractivity contribution in [2.24, 2.45) is 23.7 Å². The minimum Gasteiger partial charge on any atom is -0.328 e. The molecule has 4 bridgehead atoms. The average Bonchev–Trinajstić information content (AvgIpc) is 2.58. The Balaban J connectivity index is 0.000000200. The van der Waals surface area contributed by atoms with E-state index < -0.39 is 5.09 Å². The minimum absolute atomic E-state index is 0. The SMILES string of the molecule is C1=C[C@@H]2CC1[C@@H]1C=CC2C1.O=[N+]([O-])O.[Ag]. The monoisotopic (exact) mass is 302 g/mol. The van der Waals surface area contributed by atoms with Gasteiger partial charge < -0.3 is 5.21 Å². The maximum absolute atomic E-state index is 8.36. The van der Waals surface area contributed by atoms with Crippen LogP contribution in [0.15, 0.2) is 24.3 Å². The van der Waals surface area contributed by atoms with Crippen molar-refractivity contribution in [1.82, 2.24) is 0 Å². The topological polar surface area (TPSA) is 63.4 Å². The molecule has 0 aliphatic heterocycles. The molecule has 1 radical (unpaired) electrons. The van der Waals surface area contributed by atoms with Crippen LogP contribution in [-0.2, 0) is 22.4 Å². The third-order valence-corrected chi connectivity index (χ3v) is 3.40. The molecule has 3 rings (SSSR count). The molecule has 0 aromatic rings. The summed E-state index contributed by atoms with van der Waals surface area (Å²) in [5, 5.41) is 13.6. The van der Waals surface area contributed by atoms with Crippen LogP contribution < -0.4 is 0 Å². The Labute approximate surface area is 104 Å². The third-order valence-electron chi connectivity index (χ3n) is 3.40. The van der Waals surface area contributed by atoms with Gasteiger partial charge in [-0.1, -0.05) is 24.3 Å². The van der Waals surface area contributed by atoms with Crippen molar-refractivity contribution in [3.05, 3.63) is 34.4 Å². The molecule has 0 aromatic carbocycles. The van der Waals surface area contributed by atoms with E-state index in [1.54, 1.807) is 0 Å². The minimum atomic E-state index is -1.50. The summed E-state index contributed by atoms with van der Waals surface area (Å²) in [7, 11) is 0. The van der Waals surface area contributed by atoms with Crippen LogP contribution in [0.5, 0.6) is 0 Å². The van der Waals surface area contributed by atoms with E-state index in [-0.39, 0.29) is 22.4 Å². The maximum Gasteiger partial charge on any atom is 0.291 e. The Morgan fingerprint density at radius 1 is 1.00 bits per heavy atom. The molecule has 0 amide bonds. The summed E-state index contributed by atoms with van der Waals surface area (Å²) in [5.74, 6) is 3.67. The fourth-order valence-electron chi connectivity index (χ4n) is 2.78. The van der Waals surface area contributed by atoms with Gasteiger partial charge in [0.15, 0.2) is 0 Å². The van der Waals surface area contributed by atoms with Gasteiger partial charge in [0.05, 0.1) is 0 Å². The van der Waals surface area contributed by atoms with Gasteiger partial charge in [0, 0.05) is 22.4 Å². The molecule has 0 saturated heterocycles. The zero-order valence-corrected chi connectivity index (χ0v) is 9.53. The Kier molecular flexibility index (Phi) is 4.13. The van der Waals surface area contributed by atoms with Gasteiger partial charge >= 0.3 is 0 Å². The Hall–Kier alpha value is -0.580. The molecule has 0 heterocycles. The summed E-state index contributed by atoms with van der Waals surface area (Å²) in [4.78, 5) is 8.36. The Morgan fingerprint density at radius 2 is 1.20 bits per heavy atom. The third kappa shape index (κ3) is 2.71. The van der Waals surface area contributed by atoms with E-state index in [9.17, 15) is 0 Å². The molecular formula is C10H13AgNO3. The van der Waals surface area contributed by atoms with Gasteiger partial charge in [-0.2, -0.15) is 0 Å². The van der Waals surface area contributed by atoms with E-state index >= 15 is 0 Å². The van der Waals surface area contributed by atoms with Gasteiger partial charge in [-0.05, 0) is 36.5 Å². The second-order valence-corrected chi connectivity index (χ2v) is 4.13. The van der Waals surface area contributed by atoms with Crippen molar-refractivity contribution >= 4 is 0 Å². The molecule has 5 heteroatoms. The first-order valence-electron chi connectivity index (χ1n) is 4.86. The second kappa shape index (κ2) is 4.96. The summed E-state index contributed by atoms with van der Waals surface area (Å²) in [6.45, 7) is 0. The molecule has 1 saturated carbocycles. The van der Waals surface area contributed by atoms with E-state index in [0.717, 1.165) is 23.7 Å². The van der Waals surface area contributed by atoms with Gasteiger partial charge in [-0.3, -0.25) is 0 Å². The second-order valence-electron chi connectivity index (χ2n) is 4.13. The summed E-state index contributed by atoms with van der Waals surface area (Å²) in [6, 6.07) is 0. The summed E-state index contributed by atoms with van der Waals surface area (Å²) in [5.41, 5.74) is 0. The van der Waals surface area contributed by atoms with Crippen LogP contribution in [0.4, 0.5) is 0 Å². The molecule has 2 unspecified atom stereocenters. The molecule has 4 nitrogen and oxygen atoms in total. The summed E-state index contributed by atoms with van der Waals surface area (Å²) < 4.78 is 0. The van der Waals surface area contributed by atoms with E-state index in [1.807, 2.05) is 0 Å². The zero-order valence-electron chi connectivity index (χ0n) is 8.05. The molecule has 4 atom stereocenters. The summed E-state index contributed by atoms with van der Waals surface area (Å²) >= 11 is 0. The standard InChI is InChI=1S/C10H12.Ag.HNO3/c1-2-8-5-7(1)9-3-4-10(8)6-9;;2-1(3)4/h1-4,7-10H,5-6H2;;(H,2,3,4)/t7-,8?,9?,10-;;/m1../s1. The van der Waals surface area contributed by atoms with Crippen molar-refractivity contribution in [1.29, 1.82) is 0 Å². The van der Waals surface area contributed by atoms with E-state index in [2.05, 4.69) is 24.3 Å². The molecule has 1 fully saturated rings. The molecule has 0 spiro atoms. The average molecular weight is 303 g/mol. The quantitative estimate of drug-likeness (QED) is 0.322. The van der Waals surface area contributed by atoms with Gasteiger partial charge in [-0.25, -0.2) is 0 Å². The Morgan fingerprint density at radius 3 is 1.40 bits per heavy atom. The molecule has 87 valence electrons. The largest absolute Gasteiger partial charge is 0.328 e. The van der Waals surface area contributed by atoms with Crippen LogP contribution in [0.1, 0.15) is 12.8 Å². The number of rotatable bonds is 0. The molecule has 15 heavy (non-hydrogen) atoms. The molecule has 3 aliphatic rings. The first-order chi connectivity index (χ1) is 6.66. The van der Waals surface area contributed by atoms with Crippen molar-refractivity contribution in [2.75, 3.05) is 0 Å². The van der Waals surface area contributed by atoms with Gasteiger partial charge in [-0.15, -0.1) is 10.1 Å². The first kappa shape index (κ1) is 12.5. The summed E-state index contributed by atoms with van der Waals surface area (Å²) in [6.07, 6.45) is 12.7. The van der Waals surface area contributed by atoms with Crippen molar-refractivity contribution in [3.63, 3.8) is 0 Å². The predicted octanol–water partition coefficient (Wildman–Crippen LogP) is 2.03. The smallest absolute Gasteiger partial charge is 0.291 e. The number of hydrogen-bond donors (Lipinski definition) is 1. The van der Waals surface area contributed by atoms with E-state index in [0.29, 0.717) is 0 Å². The Bertz CT molecular complexity index is 255. The van der Waals surface area contributed by atoms with Crippen molar-refractivity contribution in [3.8, 4) is 0 Å². The van der Waals surface area contributed by atoms with Crippen LogP contribution in [0.3, 0.4) is 0 Å². The van der Waals surface area contributed by atoms with Crippen LogP contribution in [0, 0.1) is 33.8 Å². The number of nitrogens with zero attached hydrogens (tertiary/aromatic N) is 1. The van der Waals surface area contributed by atoms with E-state index in [4.69, 9.17) is 15.3 Å². The molecule has 3 aliphatic carbocycles. The predicted molar refractivity (Wildman–Crippen MR) is 50.3 cm³/mol. The van der Waals surface area contributed by atoms with Crippen molar-refractivity contribution in [2.45, 2.75) is 12.8 Å². The van der Waals surface area contributed by atoms with Crippen LogP contribution >= 0.6 is 0 Å². The van der Waals surface area contributed by atoms with Crippen molar-refractivity contribution < 1.29 is 32.7 Å². The zero-order chi connectivity index (χ0) is 10.1. The van der Waals surface area contributed by atoms with Crippen LogP contribution in [-0.4, -0.2) is 10.3 Å². The normalized spacial score (nSPS) is 37.9. The number of fused-ring (bicyclic) bond motifs is 6. The maximum atomic E-state index is 8.36. The van der Waals surface area contributed by atoms with Crippen LogP contribution in [0.25, 0.3) is 0 Å². The fraction of sp³-hybridized carbons (Fsp3) is 0.600. The first-order valence-corrected chi connectivity index (χ1v) is 4.86. The van der Waals surface area contributed by atoms with E-state index in [1.165, 1.54) is 12.8 Å². The molecule has 1 N–H and O–H groups in total. The number of allylic oxidation sites excluding steroid dienone is 4. The molecular weight excluding hydrogens is 290 g/mol. The van der Waals surface area contributed by atoms with Gasteiger partial charge in [0.1, 0.15) is 0 Å². The van der Waals surface area contributed by atoms with Gasteiger partial charge in [0.2, 0.25) is 0 Å².